The van der Waals surface area contributed by atoms with Gasteiger partial charge in [0.15, 0.2) is 0 Å². The van der Waals surface area contributed by atoms with Gasteiger partial charge in [0.25, 0.3) is 0 Å². The van der Waals surface area contributed by atoms with E-state index in [1.54, 1.807) is 42.5 Å². The van der Waals surface area contributed by atoms with E-state index in [9.17, 15) is 18.0 Å². The van der Waals surface area contributed by atoms with E-state index in [-0.39, 0.29) is 43.8 Å². The molecule has 2 aromatic carbocycles. The van der Waals surface area contributed by atoms with Gasteiger partial charge in [-0.2, -0.15) is 0 Å². The van der Waals surface area contributed by atoms with Crippen LogP contribution in [0, 0.1) is 0 Å². The number of hydrogen-bond acceptors (Lipinski definition) is 5. The molecule has 0 saturated heterocycles. The fourth-order valence-corrected chi connectivity index (χ4v) is 6.56. The first-order valence-electron chi connectivity index (χ1n) is 13.7. The van der Waals surface area contributed by atoms with Gasteiger partial charge in [-0.1, -0.05) is 61.5 Å². The van der Waals surface area contributed by atoms with E-state index < -0.39 is 16.1 Å². The number of sulfonamides is 1. The predicted molar refractivity (Wildman–Crippen MR) is 161 cm³/mol. The zero-order valence-corrected chi connectivity index (χ0v) is 25.7. The number of benzene rings is 2. The second-order valence-electron chi connectivity index (χ2n) is 10.1. The van der Waals surface area contributed by atoms with Crippen LogP contribution in [0.25, 0.3) is 0 Å². The van der Waals surface area contributed by atoms with Crippen molar-refractivity contribution in [1.29, 1.82) is 0 Å². The van der Waals surface area contributed by atoms with Crippen molar-refractivity contribution >= 4 is 50.7 Å². The monoisotopic (exact) mass is 611 g/mol. The molecule has 0 aliphatic heterocycles. The lowest BCUT2D eigenvalue weighted by atomic mass is 9.95. The topological polar surface area (TPSA) is 96.0 Å². The normalized spacial score (nSPS) is 14.8. The highest BCUT2D eigenvalue weighted by Crippen LogP contribution is 2.28. The van der Waals surface area contributed by atoms with Gasteiger partial charge in [0.1, 0.15) is 11.8 Å². The Morgan fingerprint density at radius 1 is 1.07 bits per heavy atom. The third kappa shape index (κ3) is 8.75. The number of hydrogen-bond donors (Lipinski definition) is 1. The van der Waals surface area contributed by atoms with Gasteiger partial charge in [-0.3, -0.25) is 13.9 Å². The maximum Gasteiger partial charge on any atom is 0.243 e. The lowest BCUT2D eigenvalue weighted by molar-refractivity contribution is -0.141. The largest absolute Gasteiger partial charge is 0.497 e. The molecular weight excluding hydrogens is 573 g/mol. The summed E-state index contributed by atoms with van der Waals surface area (Å²) in [6.45, 7) is 2.02. The van der Waals surface area contributed by atoms with Crippen LogP contribution in [-0.4, -0.2) is 57.1 Å². The van der Waals surface area contributed by atoms with Crippen LogP contribution >= 0.6 is 23.2 Å². The Hall–Kier alpha value is -2.49. The summed E-state index contributed by atoms with van der Waals surface area (Å²) in [5.41, 5.74) is 1.02. The molecule has 0 bridgehead atoms. The van der Waals surface area contributed by atoms with Crippen molar-refractivity contribution in [1.82, 2.24) is 10.2 Å². The van der Waals surface area contributed by atoms with Crippen molar-refractivity contribution in [3.63, 3.8) is 0 Å². The fraction of sp³-hybridized carbons (Fsp3) is 0.517. The summed E-state index contributed by atoms with van der Waals surface area (Å²) >= 11 is 12.9. The summed E-state index contributed by atoms with van der Waals surface area (Å²) < 4.78 is 31.7. The Balaban J connectivity index is 1.80. The van der Waals surface area contributed by atoms with Crippen LogP contribution in [0.1, 0.15) is 63.9 Å². The Morgan fingerprint density at radius 2 is 1.73 bits per heavy atom. The summed E-state index contributed by atoms with van der Waals surface area (Å²) in [5.74, 6) is 0.0561. The first-order chi connectivity index (χ1) is 19.0. The summed E-state index contributed by atoms with van der Waals surface area (Å²) in [4.78, 5) is 28.7. The van der Waals surface area contributed by atoms with Crippen LogP contribution in [0.5, 0.6) is 5.75 Å². The summed E-state index contributed by atoms with van der Waals surface area (Å²) in [7, 11) is -2.11. The molecule has 0 radical (unpaired) electrons. The number of carbonyl (C=O) groups is 2. The Morgan fingerprint density at radius 3 is 2.33 bits per heavy atom. The average Bonchev–Trinajstić information content (AvgIpc) is 2.92. The van der Waals surface area contributed by atoms with Gasteiger partial charge in [0.05, 0.1) is 19.1 Å². The smallest absolute Gasteiger partial charge is 0.243 e. The third-order valence-electron chi connectivity index (χ3n) is 7.22. The summed E-state index contributed by atoms with van der Waals surface area (Å²) in [6, 6.07) is 11.3. The van der Waals surface area contributed by atoms with Crippen molar-refractivity contribution in [2.75, 3.05) is 24.2 Å². The molecule has 1 saturated carbocycles. The summed E-state index contributed by atoms with van der Waals surface area (Å²) in [5, 5.41) is 3.97. The van der Waals surface area contributed by atoms with Gasteiger partial charge in [-0.15, -0.1) is 0 Å². The fourth-order valence-electron chi connectivity index (χ4n) is 5.09. The maximum atomic E-state index is 13.7. The molecule has 1 aliphatic rings. The third-order valence-corrected chi connectivity index (χ3v) is 9.12. The van der Waals surface area contributed by atoms with E-state index in [1.807, 2.05) is 6.92 Å². The maximum absolute atomic E-state index is 13.7. The average molecular weight is 613 g/mol. The number of halogens is 2. The van der Waals surface area contributed by atoms with Gasteiger partial charge in [-0.25, -0.2) is 8.42 Å². The minimum Gasteiger partial charge on any atom is -0.497 e. The molecule has 40 heavy (non-hydrogen) atoms. The molecule has 8 nitrogen and oxygen atoms in total. The van der Waals surface area contributed by atoms with Crippen LogP contribution in [0.15, 0.2) is 42.5 Å². The molecule has 0 spiro atoms. The van der Waals surface area contributed by atoms with E-state index in [1.165, 1.54) is 22.7 Å². The van der Waals surface area contributed by atoms with Crippen molar-refractivity contribution in [3.8, 4) is 5.75 Å². The number of ether oxygens (including phenoxy) is 1. The van der Waals surface area contributed by atoms with Crippen LogP contribution in [0.2, 0.25) is 10.0 Å². The Kier molecular flexibility index (Phi) is 12.0. The standard InChI is InChI=1S/C29H39Cl2N3O5S/c1-4-27(29(36)32-21-11-6-5-7-12-21)33(20-24-25(30)15-9-16-26(24)31)28(35)17-10-18-34(40(3,37)38)22-13-8-14-23(19-22)39-2/h8-9,13-16,19,21,27H,4-7,10-12,17-18,20H2,1-3H3,(H,32,36)/t27-/m1/s1. The van der Waals surface area contributed by atoms with E-state index in [4.69, 9.17) is 27.9 Å². The molecule has 0 aromatic heterocycles. The number of nitrogens with zero attached hydrogens (tertiary/aromatic N) is 2. The number of methoxy groups -OCH3 is 1. The molecule has 0 heterocycles. The minimum absolute atomic E-state index is 0.0330. The van der Waals surface area contributed by atoms with Crippen molar-refractivity contribution in [2.45, 2.75) is 76.9 Å². The molecule has 1 fully saturated rings. The molecule has 1 atom stereocenters. The number of rotatable bonds is 13. The molecule has 0 unspecified atom stereocenters. The van der Waals surface area contributed by atoms with Crippen LogP contribution in [0.4, 0.5) is 5.69 Å². The second-order valence-corrected chi connectivity index (χ2v) is 12.9. The molecule has 2 aromatic rings. The second kappa shape index (κ2) is 14.9. The van der Waals surface area contributed by atoms with Crippen LogP contribution < -0.4 is 14.4 Å². The van der Waals surface area contributed by atoms with Crippen molar-refractivity contribution < 1.29 is 22.7 Å². The Bertz CT molecular complexity index is 1250. The predicted octanol–water partition coefficient (Wildman–Crippen LogP) is 5.80. The number of anilines is 1. The zero-order chi connectivity index (χ0) is 29.3. The number of nitrogens with one attached hydrogen (secondary N) is 1. The summed E-state index contributed by atoms with van der Waals surface area (Å²) in [6.07, 6.45) is 6.99. The highest BCUT2D eigenvalue weighted by Gasteiger charge is 2.31. The van der Waals surface area contributed by atoms with Gasteiger partial charge >= 0.3 is 0 Å². The van der Waals surface area contributed by atoms with Gasteiger partial charge in [-0.05, 0) is 49.9 Å². The molecule has 1 N–H and O–H groups in total. The van der Waals surface area contributed by atoms with Gasteiger partial charge in [0, 0.05) is 47.2 Å². The quantitative estimate of drug-likeness (QED) is 0.308. The molecule has 3 rings (SSSR count). The highest BCUT2D eigenvalue weighted by atomic mass is 35.5. The lowest BCUT2D eigenvalue weighted by Gasteiger charge is -2.33. The van der Waals surface area contributed by atoms with Crippen molar-refractivity contribution in [3.05, 3.63) is 58.1 Å². The molecule has 11 heteroatoms. The number of carbonyl (C=O) groups excluding carboxylic acids is 2. The first kappa shape index (κ1) is 32.0. The van der Waals surface area contributed by atoms with Crippen LogP contribution in [0.3, 0.4) is 0 Å². The van der Waals surface area contributed by atoms with Gasteiger partial charge < -0.3 is 15.0 Å². The molecular formula is C29H39Cl2N3O5S. The van der Waals surface area contributed by atoms with E-state index in [2.05, 4.69) is 5.32 Å². The molecule has 2 amide bonds. The van der Waals surface area contributed by atoms with E-state index in [0.29, 0.717) is 33.5 Å². The highest BCUT2D eigenvalue weighted by molar-refractivity contribution is 7.92. The zero-order valence-electron chi connectivity index (χ0n) is 23.4. The minimum atomic E-state index is -3.62. The molecule has 220 valence electrons. The molecule has 1 aliphatic carbocycles. The van der Waals surface area contributed by atoms with E-state index >= 15 is 0 Å². The van der Waals surface area contributed by atoms with Crippen molar-refractivity contribution in [2.24, 2.45) is 0 Å². The number of amides is 2. The SMILES string of the molecule is CC[C@H](C(=O)NC1CCCCC1)N(Cc1c(Cl)cccc1Cl)C(=O)CCCN(c1cccc(OC)c1)S(C)(=O)=O. The van der Waals surface area contributed by atoms with E-state index in [0.717, 1.165) is 31.9 Å². The van der Waals surface area contributed by atoms with Crippen LogP contribution in [-0.2, 0) is 26.2 Å². The Labute approximate surface area is 248 Å². The lowest BCUT2D eigenvalue weighted by Crippen LogP contribution is -2.51. The first-order valence-corrected chi connectivity index (χ1v) is 16.3. The van der Waals surface area contributed by atoms with Gasteiger partial charge in [0.2, 0.25) is 21.8 Å².